The van der Waals surface area contributed by atoms with Gasteiger partial charge in [0.25, 0.3) is 0 Å². The predicted molar refractivity (Wildman–Crippen MR) is 106 cm³/mol. The fraction of sp³-hybridized carbons (Fsp3) is 0.304. The van der Waals surface area contributed by atoms with Gasteiger partial charge < -0.3 is 9.88 Å². The number of carbonyl (C=O) groups is 1. The topological polar surface area (TPSA) is 46.9 Å². The van der Waals surface area contributed by atoms with Crippen LogP contribution in [0.2, 0.25) is 0 Å². The van der Waals surface area contributed by atoms with Crippen molar-refractivity contribution in [2.45, 2.75) is 37.6 Å². The first kappa shape index (κ1) is 18.4. The molecule has 3 aromatic rings. The van der Waals surface area contributed by atoms with E-state index in [0.717, 1.165) is 37.2 Å². The van der Waals surface area contributed by atoms with Crippen molar-refractivity contribution in [2.24, 2.45) is 0 Å². The van der Waals surface area contributed by atoms with E-state index in [-0.39, 0.29) is 11.7 Å². The third-order valence-electron chi connectivity index (χ3n) is 5.65. The molecule has 1 aliphatic rings. The van der Waals surface area contributed by atoms with E-state index < -0.39 is 5.41 Å². The first-order valence-electron chi connectivity index (χ1n) is 9.76. The van der Waals surface area contributed by atoms with Gasteiger partial charge in [0.15, 0.2) is 0 Å². The van der Waals surface area contributed by atoms with Crippen molar-refractivity contribution in [1.82, 2.24) is 14.9 Å². The summed E-state index contributed by atoms with van der Waals surface area (Å²) in [6.45, 7) is 1.28. The summed E-state index contributed by atoms with van der Waals surface area (Å²) in [6.07, 6.45) is 6.94. The number of rotatable bonds is 7. The van der Waals surface area contributed by atoms with Crippen LogP contribution in [-0.4, -0.2) is 22.0 Å². The Labute approximate surface area is 164 Å². The molecule has 0 bridgehead atoms. The van der Waals surface area contributed by atoms with Gasteiger partial charge in [-0.1, -0.05) is 48.9 Å². The molecule has 144 valence electrons. The summed E-state index contributed by atoms with van der Waals surface area (Å²) in [5.74, 6) is 0.641. The number of amides is 1. The van der Waals surface area contributed by atoms with Crippen molar-refractivity contribution < 1.29 is 9.18 Å². The van der Waals surface area contributed by atoms with Gasteiger partial charge in [0.2, 0.25) is 5.91 Å². The van der Waals surface area contributed by atoms with Crippen LogP contribution in [0.3, 0.4) is 0 Å². The third kappa shape index (κ3) is 3.70. The second-order valence-electron chi connectivity index (χ2n) is 7.41. The van der Waals surface area contributed by atoms with E-state index in [9.17, 15) is 9.18 Å². The fourth-order valence-corrected chi connectivity index (χ4v) is 3.91. The molecule has 1 aliphatic carbocycles. The molecule has 1 heterocycles. The van der Waals surface area contributed by atoms with Gasteiger partial charge in [-0.3, -0.25) is 4.79 Å². The van der Waals surface area contributed by atoms with Crippen LogP contribution < -0.4 is 5.32 Å². The lowest BCUT2D eigenvalue weighted by Crippen LogP contribution is -2.49. The minimum atomic E-state index is -0.582. The molecule has 1 fully saturated rings. The second kappa shape index (κ2) is 7.97. The zero-order valence-electron chi connectivity index (χ0n) is 15.8. The molecule has 2 aromatic carbocycles. The SMILES string of the molecule is O=C(NCCc1nccn1Cc1ccccc1)C1(c2cccc(F)c2)CCC1. The fourth-order valence-electron chi connectivity index (χ4n) is 3.91. The Morgan fingerprint density at radius 1 is 1.14 bits per heavy atom. The van der Waals surface area contributed by atoms with Crippen LogP contribution in [0, 0.1) is 5.82 Å². The lowest BCUT2D eigenvalue weighted by Gasteiger charge is -2.40. The molecule has 0 unspecified atom stereocenters. The molecule has 28 heavy (non-hydrogen) atoms. The molecule has 1 saturated carbocycles. The zero-order chi connectivity index (χ0) is 19.4. The molecule has 1 amide bonds. The molecule has 1 N–H and O–H groups in total. The Morgan fingerprint density at radius 2 is 1.96 bits per heavy atom. The quantitative estimate of drug-likeness (QED) is 0.680. The van der Waals surface area contributed by atoms with Crippen molar-refractivity contribution in [3.05, 3.63) is 89.8 Å². The van der Waals surface area contributed by atoms with Gasteiger partial charge in [-0.15, -0.1) is 0 Å². The van der Waals surface area contributed by atoms with Gasteiger partial charge >= 0.3 is 0 Å². The minimum Gasteiger partial charge on any atom is -0.355 e. The number of halogens is 1. The predicted octanol–water partition coefficient (Wildman–Crippen LogP) is 3.85. The highest BCUT2D eigenvalue weighted by Gasteiger charge is 2.45. The summed E-state index contributed by atoms with van der Waals surface area (Å²) in [4.78, 5) is 17.3. The molecule has 4 nitrogen and oxygen atoms in total. The number of benzene rings is 2. The van der Waals surface area contributed by atoms with Crippen molar-refractivity contribution >= 4 is 5.91 Å². The largest absolute Gasteiger partial charge is 0.355 e. The highest BCUT2D eigenvalue weighted by Crippen LogP contribution is 2.44. The smallest absolute Gasteiger partial charge is 0.230 e. The lowest BCUT2D eigenvalue weighted by molar-refractivity contribution is -0.129. The highest BCUT2D eigenvalue weighted by atomic mass is 19.1. The number of nitrogens with one attached hydrogen (secondary N) is 1. The maximum atomic E-state index is 13.6. The number of hydrogen-bond donors (Lipinski definition) is 1. The average molecular weight is 377 g/mol. The number of imidazole rings is 1. The Morgan fingerprint density at radius 3 is 2.68 bits per heavy atom. The van der Waals surface area contributed by atoms with Crippen molar-refractivity contribution in [3.8, 4) is 0 Å². The monoisotopic (exact) mass is 377 g/mol. The summed E-state index contributed by atoms with van der Waals surface area (Å²) < 4.78 is 15.7. The van der Waals surface area contributed by atoms with Gasteiger partial charge in [-0.05, 0) is 36.1 Å². The van der Waals surface area contributed by atoms with E-state index in [0.29, 0.717) is 13.0 Å². The maximum Gasteiger partial charge on any atom is 0.230 e. The number of nitrogens with zero attached hydrogens (tertiary/aromatic N) is 2. The van der Waals surface area contributed by atoms with Gasteiger partial charge in [-0.2, -0.15) is 0 Å². The standard InChI is InChI=1S/C23H24FN3O/c24-20-9-4-8-19(16-20)23(11-5-12-23)22(28)26-13-10-21-25-14-15-27(21)17-18-6-2-1-3-7-18/h1-4,6-9,14-16H,5,10-13,17H2,(H,26,28). The molecule has 0 atom stereocenters. The second-order valence-corrected chi connectivity index (χ2v) is 7.41. The van der Waals surface area contributed by atoms with Gasteiger partial charge in [0.05, 0.1) is 5.41 Å². The van der Waals surface area contributed by atoms with Gasteiger partial charge in [0, 0.05) is 31.9 Å². The van der Waals surface area contributed by atoms with Crippen LogP contribution in [0.25, 0.3) is 0 Å². The summed E-state index contributed by atoms with van der Waals surface area (Å²) in [7, 11) is 0. The van der Waals surface area contributed by atoms with Crippen LogP contribution in [0.5, 0.6) is 0 Å². The zero-order valence-corrected chi connectivity index (χ0v) is 15.8. The van der Waals surface area contributed by atoms with E-state index in [2.05, 4.69) is 27.0 Å². The van der Waals surface area contributed by atoms with Crippen LogP contribution >= 0.6 is 0 Å². The summed E-state index contributed by atoms with van der Waals surface area (Å²) in [6, 6.07) is 16.7. The average Bonchev–Trinajstić information content (AvgIpc) is 3.09. The maximum absolute atomic E-state index is 13.6. The summed E-state index contributed by atoms with van der Waals surface area (Å²) in [5, 5.41) is 3.06. The molecular formula is C23H24FN3O. The molecule has 5 heteroatoms. The van der Waals surface area contributed by atoms with E-state index in [1.54, 1.807) is 12.3 Å². The van der Waals surface area contributed by atoms with E-state index in [1.807, 2.05) is 30.5 Å². The van der Waals surface area contributed by atoms with Crippen LogP contribution in [0.15, 0.2) is 67.0 Å². The number of hydrogen-bond acceptors (Lipinski definition) is 2. The number of aromatic nitrogens is 2. The lowest BCUT2D eigenvalue weighted by atomic mass is 9.64. The molecule has 0 spiro atoms. The van der Waals surface area contributed by atoms with E-state index in [4.69, 9.17) is 0 Å². The Hall–Kier alpha value is -2.95. The molecule has 0 saturated heterocycles. The first-order valence-corrected chi connectivity index (χ1v) is 9.76. The van der Waals surface area contributed by atoms with Gasteiger partial charge in [0.1, 0.15) is 11.6 Å². The normalized spacial score (nSPS) is 15.0. The van der Waals surface area contributed by atoms with Gasteiger partial charge in [-0.25, -0.2) is 9.37 Å². The molecule has 4 rings (SSSR count). The van der Waals surface area contributed by atoms with E-state index in [1.165, 1.54) is 17.7 Å². The number of carbonyl (C=O) groups excluding carboxylic acids is 1. The Bertz CT molecular complexity index is 947. The summed E-state index contributed by atoms with van der Waals surface area (Å²) >= 11 is 0. The van der Waals surface area contributed by atoms with Crippen molar-refractivity contribution in [2.75, 3.05) is 6.54 Å². The third-order valence-corrected chi connectivity index (χ3v) is 5.65. The minimum absolute atomic E-state index is 0.00878. The molecular weight excluding hydrogens is 353 g/mol. The van der Waals surface area contributed by atoms with Crippen LogP contribution in [0.4, 0.5) is 4.39 Å². The first-order chi connectivity index (χ1) is 13.7. The van der Waals surface area contributed by atoms with E-state index >= 15 is 0 Å². The molecule has 0 radical (unpaired) electrons. The Balaban J connectivity index is 1.38. The molecule has 0 aliphatic heterocycles. The van der Waals surface area contributed by atoms with Crippen LogP contribution in [0.1, 0.15) is 36.2 Å². The Kier molecular flexibility index (Phi) is 5.24. The summed E-state index contributed by atoms with van der Waals surface area (Å²) in [5.41, 5.74) is 1.41. The van der Waals surface area contributed by atoms with Crippen molar-refractivity contribution in [3.63, 3.8) is 0 Å². The molecule has 1 aromatic heterocycles. The van der Waals surface area contributed by atoms with Crippen LogP contribution in [-0.2, 0) is 23.2 Å². The highest BCUT2D eigenvalue weighted by molar-refractivity contribution is 5.89. The van der Waals surface area contributed by atoms with Crippen molar-refractivity contribution in [1.29, 1.82) is 0 Å².